The molecule has 3 atom stereocenters. The van der Waals surface area contributed by atoms with E-state index in [9.17, 15) is 4.79 Å². The largest absolute Gasteiger partial charge is 0.450 e. The zero-order valence-corrected chi connectivity index (χ0v) is 17.7. The van der Waals surface area contributed by atoms with Gasteiger partial charge in [-0.25, -0.2) is 0 Å². The fourth-order valence-electron chi connectivity index (χ4n) is 3.73. The molecule has 3 rings (SSSR count). The highest BCUT2D eigenvalue weighted by Crippen LogP contribution is 2.16. The highest BCUT2D eigenvalue weighted by molar-refractivity contribution is 5.91. The summed E-state index contributed by atoms with van der Waals surface area (Å²) in [7, 11) is 0. The van der Waals surface area contributed by atoms with Gasteiger partial charge in [-0.15, -0.1) is 0 Å². The number of quaternary nitrogens is 1. The summed E-state index contributed by atoms with van der Waals surface area (Å²) in [5, 5.41) is 0. The molecule has 28 heavy (non-hydrogen) atoms. The minimum absolute atomic E-state index is 0.0476. The number of carbonyl (C=O) groups is 1. The smallest absolute Gasteiger partial charge is 0.289 e. The van der Waals surface area contributed by atoms with Crippen LogP contribution < -0.4 is 4.90 Å². The van der Waals surface area contributed by atoms with Crippen LogP contribution in [0.1, 0.15) is 56.5 Å². The summed E-state index contributed by atoms with van der Waals surface area (Å²) in [6, 6.07) is 14.3. The number of nitrogens with zero attached hydrogens (tertiary/aromatic N) is 1. The van der Waals surface area contributed by atoms with Crippen molar-refractivity contribution < 1.29 is 18.8 Å². The molecular weight excluding hydrogens is 352 g/mol. The van der Waals surface area contributed by atoms with E-state index in [4.69, 9.17) is 9.15 Å². The molecule has 1 saturated heterocycles. The third kappa shape index (κ3) is 5.24. The van der Waals surface area contributed by atoms with E-state index in [1.165, 1.54) is 10.5 Å². The SMILES string of the molecule is C[C@H]1CN(C(=O)c2ccc(C[NH+](Cc3ccccc3)C(C)(C)C)o2)C[C@H](C)O1. The van der Waals surface area contributed by atoms with E-state index in [0.717, 1.165) is 18.8 Å². The fraction of sp³-hybridized carbons (Fsp3) is 0.522. The van der Waals surface area contributed by atoms with Crippen molar-refractivity contribution in [2.45, 2.75) is 65.5 Å². The van der Waals surface area contributed by atoms with Crippen molar-refractivity contribution in [3.8, 4) is 0 Å². The number of nitrogens with one attached hydrogen (secondary N) is 1. The Morgan fingerprint density at radius 1 is 1.04 bits per heavy atom. The van der Waals surface area contributed by atoms with Crippen molar-refractivity contribution in [2.24, 2.45) is 0 Å². The second kappa shape index (κ2) is 8.50. The maximum atomic E-state index is 12.8. The molecule has 5 heteroatoms. The molecule has 2 heterocycles. The van der Waals surface area contributed by atoms with Gasteiger partial charge in [0, 0.05) is 18.7 Å². The van der Waals surface area contributed by atoms with Crippen LogP contribution in [0.25, 0.3) is 0 Å². The molecule has 1 unspecified atom stereocenters. The minimum atomic E-state index is -0.0476. The first-order valence-electron chi connectivity index (χ1n) is 10.1. The Bertz CT molecular complexity index is 769. The lowest BCUT2D eigenvalue weighted by molar-refractivity contribution is -0.973. The molecule has 1 N–H and O–H groups in total. The van der Waals surface area contributed by atoms with E-state index in [2.05, 4.69) is 45.0 Å². The van der Waals surface area contributed by atoms with Crippen molar-refractivity contribution in [2.75, 3.05) is 13.1 Å². The molecule has 1 amide bonds. The first kappa shape index (κ1) is 20.6. The lowest BCUT2D eigenvalue weighted by atomic mass is 10.0. The van der Waals surface area contributed by atoms with E-state index in [0.29, 0.717) is 18.8 Å². The molecule has 0 radical (unpaired) electrons. The van der Waals surface area contributed by atoms with Crippen molar-refractivity contribution >= 4 is 5.91 Å². The van der Waals surface area contributed by atoms with Gasteiger partial charge in [0.25, 0.3) is 5.91 Å². The lowest BCUT2D eigenvalue weighted by Crippen LogP contribution is -3.16. The van der Waals surface area contributed by atoms with Gasteiger partial charge >= 0.3 is 0 Å². The molecule has 1 aliphatic heterocycles. The van der Waals surface area contributed by atoms with Gasteiger partial charge < -0.3 is 19.0 Å². The Morgan fingerprint density at radius 3 is 2.29 bits per heavy atom. The van der Waals surface area contributed by atoms with Gasteiger partial charge in [-0.05, 0) is 46.8 Å². The van der Waals surface area contributed by atoms with Gasteiger partial charge in [0.2, 0.25) is 0 Å². The number of furan rings is 1. The Morgan fingerprint density at radius 2 is 1.68 bits per heavy atom. The van der Waals surface area contributed by atoms with E-state index in [1.54, 1.807) is 0 Å². The van der Waals surface area contributed by atoms with Gasteiger partial charge in [0.05, 0.1) is 17.7 Å². The molecule has 0 aliphatic carbocycles. The molecule has 1 fully saturated rings. The number of hydrogen-bond acceptors (Lipinski definition) is 3. The van der Waals surface area contributed by atoms with Crippen LogP contribution in [-0.4, -0.2) is 41.6 Å². The average molecular weight is 386 g/mol. The molecule has 0 saturated carbocycles. The second-order valence-electron chi connectivity index (χ2n) is 8.93. The number of amides is 1. The summed E-state index contributed by atoms with van der Waals surface area (Å²) in [6.45, 7) is 13.5. The Hall–Kier alpha value is -2.11. The molecule has 1 aliphatic rings. The molecule has 1 aromatic carbocycles. The van der Waals surface area contributed by atoms with Crippen LogP contribution in [-0.2, 0) is 17.8 Å². The summed E-state index contributed by atoms with van der Waals surface area (Å²) in [4.78, 5) is 16.1. The molecule has 0 bridgehead atoms. The maximum absolute atomic E-state index is 12.8. The van der Waals surface area contributed by atoms with E-state index in [-0.39, 0.29) is 23.7 Å². The monoisotopic (exact) mass is 385 g/mol. The first-order valence-corrected chi connectivity index (χ1v) is 10.1. The van der Waals surface area contributed by atoms with Crippen LogP contribution in [0.15, 0.2) is 46.9 Å². The number of hydrogen-bond donors (Lipinski definition) is 1. The second-order valence-corrected chi connectivity index (χ2v) is 8.93. The predicted molar refractivity (Wildman–Crippen MR) is 109 cm³/mol. The number of morpholine rings is 1. The van der Waals surface area contributed by atoms with Gasteiger partial charge in [-0.1, -0.05) is 30.3 Å². The summed E-state index contributed by atoms with van der Waals surface area (Å²) < 4.78 is 11.7. The summed E-state index contributed by atoms with van der Waals surface area (Å²) in [5.74, 6) is 1.22. The fourth-order valence-corrected chi connectivity index (χ4v) is 3.73. The Kier molecular flexibility index (Phi) is 6.26. The molecule has 2 aromatic rings. The highest BCUT2D eigenvalue weighted by atomic mass is 16.5. The van der Waals surface area contributed by atoms with Crippen LogP contribution in [0.4, 0.5) is 0 Å². The van der Waals surface area contributed by atoms with Crippen molar-refractivity contribution in [1.82, 2.24) is 4.90 Å². The predicted octanol–water partition coefficient (Wildman–Crippen LogP) is 2.91. The number of carbonyl (C=O) groups excluding carboxylic acids is 1. The number of benzene rings is 1. The topological polar surface area (TPSA) is 47.1 Å². The normalized spacial score (nSPS) is 21.5. The minimum Gasteiger partial charge on any atom is -0.450 e. The summed E-state index contributed by atoms with van der Waals surface area (Å²) in [5.41, 5.74) is 1.36. The van der Waals surface area contributed by atoms with Gasteiger partial charge in [-0.3, -0.25) is 4.79 Å². The Balaban J connectivity index is 1.70. The molecular formula is C23H33N2O3+. The molecule has 5 nitrogen and oxygen atoms in total. The molecule has 0 spiro atoms. The summed E-state index contributed by atoms with van der Waals surface area (Å²) >= 11 is 0. The van der Waals surface area contributed by atoms with Crippen LogP contribution in [0, 0.1) is 0 Å². The van der Waals surface area contributed by atoms with Gasteiger partial charge in [0.1, 0.15) is 13.1 Å². The number of ether oxygens (including phenoxy) is 1. The zero-order valence-electron chi connectivity index (χ0n) is 17.7. The van der Waals surface area contributed by atoms with E-state index >= 15 is 0 Å². The van der Waals surface area contributed by atoms with Crippen molar-refractivity contribution in [1.29, 1.82) is 0 Å². The van der Waals surface area contributed by atoms with Crippen molar-refractivity contribution in [3.05, 3.63) is 59.5 Å². The zero-order chi connectivity index (χ0) is 20.3. The van der Waals surface area contributed by atoms with Gasteiger partial charge in [-0.2, -0.15) is 0 Å². The maximum Gasteiger partial charge on any atom is 0.289 e. The molecule has 1 aromatic heterocycles. The van der Waals surface area contributed by atoms with Crippen molar-refractivity contribution in [3.63, 3.8) is 0 Å². The van der Waals surface area contributed by atoms with Gasteiger partial charge in [0.15, 0.2) is 11.5 Å². The highest BCUT2D eigenvalue weighted by Gasteiger charge is 2.30. The Labute approximate surface area is 168 Å². The van der Waals surface area contributed by atoms with Crippen LogP contribution >= 0.6 is 0 Å². The number of rotatable bonds is 5. The van der Waals surface area contributed by atoms with Crippen LogP contribution in [0.5, 0.6) is 0 Å². The standard InChI is InChI=1S/C23H32N2O3/c1-17-13-24(14-18(2)27-17)22(26)21-12-11-20(28-21)16-25(23(3,4)5)15-19-9-7-6-8-10-19/h6-12,17-18H,13-16H2,1-5H3/p+1/t17-,18-/m0/s1. The molecule has 152 valence electrons. The summed E-state index contributed by atoms with van der Waals surface area (Å²) in [6.07, 6.45) is 0.0997. The van der Waals surface area contributed by atoms with E-state index < -0.39 is 0 Å². The average Bonchev–Trinajstić information content (AvgIpc) is 3.08. The van der Waals surface area contributed by atoms with Crippen LogP contribution in [0.3, 0.4) is 0 Å². The first-order chi connectivity index (χ1) is 13.2. The quantitative estimate of drug-likeness (QED) is 0.861. The lowest BCUT2D eigenvalue weighted by Gasteiger charge is -2.34. The third-order valence-corrected chi connectivity index (χ3v) is 5.29. The third-order valence-electron chi connectivity index (χ3n) is 5.29. The van der Waals surface area contributed by atoms with Crippen LogP contribution in [0.2, 0.25) is 0 Å². The van der Waals surface area contributed by atoms with E-state index in [1.807, 2.05) is 36.9 Å².